The molecule has 0 amide bonds. The van der Waals surface area contributed by atoms with Gasteiger partial charge in [-0.3, -0.25) is 0 Å². The molecule has 3 nitrogen and oxygen atoms in total. The normalized spacial score (nSPS) is 9.94. The maximum atomic E-state index is 8.52. The van der Waals surface area contributed by atoms with Gasteiger partial charge in [-0.1, -0.05) is 6.07 Å². The minimum absolute atomic E-state index is 0.124. The van der Waals surface area contributed by atoms with Gasteiger partial charge < -0.3 is 9.47 Å². The van der Waals surface area contributed by atoms with E-state index in [9.17, 15) is 0 Å². The molecule has 1 aromatic carbocycles. The maximum absolute atomic E-state index is 8.52. The molecule has 0 N–H and O–H groups in total. The second kappa shape index (κ2) is 6.02. The van der Waals surface area contributed by atoms with E-state index in [1.807, 2.05) is 32.0 Å². The van der Waals surface area contributed by atoms with Crippen LogP contribution in [-0.2, 0) is 6.42 Å². The van der Waals surface area contributed by atoms with E-state index in [1.54, 1.807) is 7.11 Å². The van der Waals surface area contributed by atoms with Crippen molar-refractivity contribution in [2.75, 3.05) is 7.11 Å². The first kappa shape index (κ1) is 12.4. The molecule has 0 aromatic heterocycles. The molecule has 1 aromatic rings. The minimum Gasteiger partial charge on any atom is -0.493 e. The van der Waals surface area contributed by atoms with Crippen LogP contribution in [0.1, 0.15) is 25.8 Å². The topological polar surface area (TPSA) is 42.2 Å². The van der Waals surface area contributed by atoms with Gasteiger partial charge in [0.25, 0.3) is 0 Å². The number of benzene rings is 1. The van der Waals surface area contributed by atoms with Gasteiger partial charge in [-0.25, -0.2) is 0 Å². The van der Waals surface area contributed by atoms with Crippen LogP contribution in [0.2, 0.25) is 0 Å². The summed E-state index contributed by atoms with van der Waals surface area (Å²) < 4.78 is 10.9. The smallest absolute Gasteiger partial charge is 0.161 e. The summed E-state index contributed by atoms with van der Waals surface area (Å²) in [5.41, 5.74) is 1.09. The van der Waals surface area contributed by atoms with Gasteiger partial charge in [-0.15, -0.1) is 0 Å². The molecule has 0 saturated carbocycles. The van der Waals surface area contributed by atoms with Crippen LogP contribution < -0.4 is 9.47 Å². The lowest BCUT2D eigenvalue weighted by atomic mass is 10.1. The summed E-state index contributed by atoms with van der Waals surface area (Å²) >= 11 is 0. The van der Waals surface area contributed by atoms with Gasteiger partial charge in [-0.05, 0) is 38.0 Å². The summed E-state index contributed by atoms with van der Waals surface area (Å²) in [6, 6.07) is 7.92. The van der Waals surface area contributed by atoms with Gasteiger partial charge in [-0.2, -0.15) is 5.26 Å². The average molecular weight is 219 g/mol. The Kier molecular flexibility index (Phi) is 4.65. The van der Waals surface area contributed by atoms with Gasteiger partial charge in [0.15, 0.2) is 11.5 Å². The fraction of sp³-hybridized carbons (Fsp3) is 0.462. The molecule has 0 spiro atoms. The van der Waals surface area contributed by atoms with Crippen LogP contribution in [0.3, 0.4) is 0 Å². The molecule has 0 heterocycles. The van der Waals surface area contributed by atoms with Gasteiger partial charge in [0, 0.05) is 6.42 Å². The van der Waals surface area contributed by atoms with Crippen molar-refractivity contribution >= 4 is 0 Å². The largest absolute Gasteiger partial charge is 0.493 e. The van der Waals surface area contributed by atoms with Crippen LogP contribution in [0.15, 0.2) is 18.2 Å². The Morgan fingerprint density at radius 3 is 2.62 bits per heavy atom. The molecule has 0 bridgehead atoms. The molecule has 0 saturated heterocycles. The first-order valence-corrected chi connectivity index (χ1v) is 5.38. The molecule has 3 heteroatoms. The van der Waals surface area contributed by atoms with Crippen molar-refractivity contribution in [3.63, 3.8) is 0 Å². The number of ether oxygens (including phenoxy) is 2. The molecule has 0 aliphatic rings. The number of nitrogens with zero attached hydrogens (tertiary/aromatic N) is 1. The molecular formula is C13H17NO2. The van der Waals surface area contributed by atoms with Crippen LogP contribution in [0, 0.1) is 11.3 Å². The van der Waals surface area contributed by atoms with Crippen molar-refractivity contribution in [3.8, 4) is 17.6 Å². The summed E-state index contributed by atoms with van der Waals surface area (Å²) in [7, 11) is 1.62. The Balaban J connectivity index is 2.84. The first-order chi connectivity index (χ1) is 7.67. The zero-order valence-electron chi connectivity index (χ0n) is 9.99. The molecule has 1 rings (SSSR count). The Hall–Kier alpha value is -1.69. The molecular weight excluding hydrogens is 202 g/mol. The summed E-state index contributed by atoms with van der Waals surface area (Å²) in [5, 5.41) is 8.52. The third-order valence-electron chi connectivity index (χ3n) is 2.12. The van der Waals surface area contributed by atoms with Crippen LogP contribution >= 0.6 is 0 Å². The summed E-state index contributed by atoms with van der Waals surface area (Å²) in [4.78, 5) is 0. The van der Waals surface area contributed by atoms with Crippen molar-refractivity contribution in [2.24, 2.45) is 0 Å². The Bertz CT molecular complexity index is 380. The zero-order valence-corrected chi connectivity index (χ0v) is 9.99. The molecule has 0 radical (unpaired) electrons. The number of hydrogen-bond donors (Lipinski definition) is 0. The number of nitriles is 1. The number of methoxy groups -OCH3 is 1. The van der Waals surface area contributed by atoms with E-state index in [0.717, 1.165) is 23.5 Å². The third-order valence-corrected chi connectivity index (χ3v) is 2.12. The van der Waals surface area contributed by atoms with Crippen LogP contribution in [-0.4, -0.2) is 13.2 Å². The van der Waals surface area contributed by atoms with E-state index in [4.69, 9.17) is 14.7 Å². The summed E-state index contributed by atoms with van der Waals surface area (Å²) in [6.07, 6.45) is 1.39. The predicted octanol–water partition coefficient (Wildman–Crippen LogP) is 2.94. The first-order valence-electron chi connectivity index (χ1n) is 5.38. The summed E-state index contributed by atoms with van der Waals surface area (Å²) in [6.45, 7) is 3.95. The van der Waals surface area contributed by atoms with Gasteiger partial charge >= 0.3 is 0 Å². The Labute approximate surface area is 96.6 Å². The highest BCUT2D eigenvalue weighted by molar-refractivity contribution is 5.43. The lowest BCUT2D eigenvalue weighted by molar-refractivity contribution is 0.230. The monoisotopic (exact) mass is 219 g/mol. The van der Waals surface area contributed by atoms with Gasteiger partial charge in [0.1, 0.15) is 0 Å². The average Bonchev–Trinajstić information content (AvgIpc) is 2.27. The Morgan fingerprint density at radius 2 is 2.06 bits per heavy atom. The van der Waals surface area contributed by atoms with E-state index in [2.05, 4.69) is 6.07 Å². The van der Waals surface area contributed by atoms with E-state index < -0.39 is 0 Å². The molecule has 0 aliphatic carbocycles. The lowest BCUT2D eigenvalue weighted by Crippen LogP contribution is -2.06. The summed E-state index contributed by atoms with van der Waals surface area (Å²) in [5.74, 6) is 1.47. The maximum Gasteiger partial charge on any atom is 0.161 e. The van der Waals surface area contributed by atoms with Crippen molar-refractivity contribution in [3.05, 3.63) is 23.8 Å². The minimum atomic E-state index is 0.124. The van der Waals surface area contributed by atoms with Crippen molar-refractivity contribution in [1.29, 1.82) is 5.26 Å². The Morgan fingerprint density at radius 1 is 1.31 bits per heavy atom. The molecule has 86 valence electrons. The second-order valence-electron chi connectivity index (χ2n) is 3.81. The van der Waals surface area contributed by atoms with E-state index in [0.29, 0.717) is 6.42 Å². The van der Waals surface area contributed by atoms with E-state index >= 15 is 0 Å². The predicted molar refractivity (Wildman–Crippen MR) is 62.7 cm³/mol. The number of hydrogen-bond acceptors (Lipinski definition) is 3. The second-order valence-corrected chi connectivity index (χ2v) is 3.81. The quantitative estimate of drug-likeness (QED) is 0.764. The third kappa shape index (κ3) is 3.47. The zero-order chi connectivity index (χ0) is 12.0. The fourth-order valence-electron chi connectivity index (χ4n) is 1.42. The molecule has 0 aliphatic heterocycles. The van der Waals surface area contributed by atoms with E-state index in [1.165, 1.54) is 0 Å². The van der Waals surface area contributed by atoms with Crippen LogP contribution in [0.4, 0.5) is 0 Å². The van der Waals surface area contributed by atoms with Gasteiger partial charge in [0.05, 0.1) is 19.3 Å². The number of rotatable bonds is 5. The highest BCUT2D eigenvalue weighted by Gasteiger charge is 2.07. The SMILES string of the molecule is COc1cc(CCC#N)ccc1OC(C)C. The van der Waals surface area contributed by atoms with Crippen molar-refractivity contribution in [1.82, 2.24) is 0 Å². The molecule has 0 atom stereocenters. The van der Waals surface area contributed by atoms with Crippen molar-refractivity contribution < 1.29 is 9.47 Å². The van der Waals surface area contributed by atoms with Crippen molar-refractivity contribution in [2.45, 2.75) is 32.8 Å². The number of aryl methyl sites for hydroxylation is 1. The standard InChI is InChI=1S/C13H17NO2/c1-10(2)16-12-7-6-11(5-4-8-14)9-13(12)15-3/h6-7,9-10H,4-5H2,1-3H3. The van der Waals surface area contributed by atoms with Crippen LogP contribution in [0.5, 0.6) is 11.5 Å². The van der Waals surface area contributed by atoms with Crippen LogP contribution in [0.25, 0.3) is 0 Å². The highest BCUT2D eigenvalue weighted by Crippen LogP contribution is 2.29. The molecule has 0 fully saturated rings. The van der Waals surface area contributed by atoms with E-state index in [-0.39, 0.29) is 6.10 Å². The van der Waals surface area contributed by atoms with Gasteiger partial charge in [0.2, 0.25) is 0 Å². The fourth-order valence-corrected chi connectivity index (χ4v) is 1.42. The molecule has 16 heavy (non-hydrogen) atoms. The molecule has 0 unspecified atom stereocenters. The highest BCUT2D eigenvalue weighted by atomic mass is 16.5. The lowest BCUT2D eigenvalue weighted by Gasteiger charge is -2.14.